The van der Waals surface area contributed by atoms with Crippen LogP contribution in [0.2, 0.25) is 5.02 Å². The zero-order valence-corrected chi connectivity index (χ0v) is 18.9. The smallest absolute Gasteiger partial charge is 0.213 e. The van der Waals surface area contributed by atoms with Gasteiger partial charge in [-0.3, -0.25) is 0 Å². The first-order valence-corrected chi connectivity index (χ1v) is 10.8. The van der Waals surface area contributed by atoms with E-state index in [-0.39, 0.29) is 29.7 Å². The lowest BCUT2D eigenvalue weighted by atomic mass is 9.86. The Morgan fingerprint density at radius 1 is 1.27 bits per heavy atom. The number of nitrogens with one attached hydrogen (secondary N) is 3. The summed E-state index contributed by atoms with van der Waals surface area (Å²) in [5, 5.41) is 6.84. The van der Waals surface area contributed by atoms with E-state index in [4.69, 9.17) is 11.6 Å². The number of rotatable bonds is 9. The molecule has 0 aromatic heterocycles. The number of benzene rings is 1. The number of sulfonamides is 1. The lowest BCUT2D eigenvalue weighted by Crippen LogP contribution is -2.42. The van der Waals surface area contributed by atoms with Crippen molar-refractivity contribution in [3.8, 4) is 0 Å². The third kappa shape index (κ3) is 8.41. The third-order valence-corrected chi connectivity index (χ3v) is 5.91. The fourth-order valence-electron chi connectivity index (χ4n) is 2.45. The van der Waals surface area contributed by atoms with Gasteiger partial charge in [-0.2, -0.15) is 0 Å². The standard InChI is InChI=1S/C17H27ClN4O2S.HI/c1-2-19-17(21-13-15-8-3-4-9-16(15)18)20-10-11-25(23,24)22-12-14-6-5-7-14;/h3-4,8-9,14,22H,2,5-7,10-13H2,1H3,(H2,19,20,21);1H. The van der Waals surface area contributed by atoms with Crippen molar-refractivity contribution in [3.05, 3.63) is 34.9 Å². The highest BCUT2D eigenvalue weighted by atomic mass is 127. The second kappa shape index (κ2) is 12.0. The van der Waals surface area contributed by atoms with Gasteiger partial charge >= 0.3 is 0 Å². The van der Waals surface area contributed by atoms with Gasteiger partial charge in [-0.1, -0.05) is 36.2 Å². The van der Waals surface area contributed by atoms with Crippen LogP contribution < -0.4 is 15.4 Å². The Kier molecular flexibility index (Phi) is 10.8. The van der Waals surface area contributed by atoms with Crippen molar-refractivity contribution in [2.75, 3.05) is 25.4 Å². The Morgan fingerprint density at radius 3 is 2.62 bits per heavy atom. The number of hydrogen-bond acceptors (Lipinski definition) is 3. The monoisotopic (exact) mass is 514 g/mol. The first-order chi connectivity index (χ1) is 12.0. The Balaban J connectivity index is 0.00000338. The number of hydrogen-bond donors (Lipinski definition) is 3. The first-order valence-electron chi connectivity index (χ1n) is 8.73. The van der Waals surface area contributed by atoms with E-state index in [1.165, 1.54) is 6.42 Å². The molecule has 1 aliphatic carbocycles. The fourth-order valence-corrected chi connectivity index (χ4v) is 3.65. The molecule has 1 aromatic rings. The highest BCUT2D eigenvalue weighted by molar-refractivity contribution is 14.0. The normalized spacial score (nSPS) is 15.1. The molecular formula is C17H28ClIN4O2S. The summed E-state index contributed by atoms with van der Waals surface area (Å²) >= 11 is 6.13. The zero-order valence-electron chi connectivity index (χ0n) is 15.0. The summed E-state index contributed by atoms with van der Waals surface area (Å²) in [6.45, 7) is 3.95. The predicted octanol–water partition coefficient (Wildman–Crippen LogP) is 2.73. The summed E-state index contributed by atoms with van der Waals surface area (Å²) in [5.74, 6) is 1.12. The van der Waals surface area contributed by atoms with Crippen LogP contribution in [-0.2, 0) is 16.6 Å². The third-order valence-electron chi connectivity index (χ3n) is 4.19. The van der Waals surface area contributed by atoms with Gasteiger partial charge in [0.1, 0.15) is 0 Å². The minimum absolute atomic E-state index is 0. The van der Waals surface area contributed by atoms with Gasteiger partial charge in [0.15, 0.2) is 5.96 Å². The maximum absolute atomic E-state index is 12.0. The van der Waals surface area contributed by atoms with E-state index in [9.17, 15) is 8.42 Å². The predicted molar refractivity (Wildman–Crippen MR) is 119 cm³/mol. The summed E-state index contributed by atoms with van der Waals surface area (Å²) < 4.78 is 26.7. The minimum Gasteiger partial charge on any atom is -0.357 e. The summed E-state index contributed by atoms with van der Waals surface area (Å²) in [6, 6.07) is 7.54. The van der Waals surface area contributed by atoms with Gasteiger partial charge in [0, 0.05) is 24.7 Å². The van der Waals surface area contributed by atoms with Crippen molar-refractivity contribution >= 4 is 51.6 Å². The van der Waals surface area contributed by atoms with E-state index in [1.807, 2.05) is 31.2 Å². The molecule has 148 valence electrons. The minimum atomic E-state index is -3.25. The highest BCUT2D eigenvalue weighted by Gasteiger charge is 2.20. The van der Waals surface area contributed by atoms with Crippen LogP contribution in [0.15, 0.2) is 29.3 Å². The quantitative estimate of drug-likeness (QED) is 0.269. The molecule has 0 bridgehead atoms. The van der Waals surface area contributed by atoms with Crippen molar-refractivity contribution in [3.63, 3.8) is 0 Å². The molecule has 0 unspecified atom stereocenters. The van der Waals surface area contributed by atoms with E-state index in [0.717, 1.165) is 18.4 Å². The van der Waals surface area contributed by atoms with Gasteiger partial charge in [-0.15, -0.1) is 24.0 Å². The molecule has 1 saturated carbocycles. The maximum Gasteiger partial charge on any atom is 0.213 e. The van der Waals surface area contributed by atoms with Crippen LogP contribution in [0.25, 0.3) is 0 Å². The number of nitrogens with zero attached hydrogens (tertiary/aromatic N) is 1. The Labute approximate surface area is 178 Å². The van der Waals surface area contributed by atoms with Gasteiger partial charge < -0.3 is 10.6 Å². The van der Waals surface area contributed by atoms with Gasteiger partial charge in [0.2, 0.25) is 10.0 Å². The second-order valence-electron chi connectivity index (χ2n) is 6.18. The Morgan fingerprint density at radius 2 is 2.00 bits per heavy atom. The summed E-state index contributed by atoms with van der Waals surface area (Å²) in [7, 11) is -3.25. The molecular weight excluding hydrogens is 487 g/mol. The van der Waals surface area contributed by atoms with Crippen molar-refractivity contribution in [1.82, 2.24) is 15.4 Å². The molecule has 0 radical (unpaired) electrons. The van der Waals surface area contributed by atoms with Crippen molar-refractivity contribution in [2.24, 2.45) is 10.9 Å². The lowest BCUT2D eigenvalue weighted by Gasteiger charge is -2.25. The van der Waals surface area contributed by atoms with E-state index in [2.05, 4.69) is 20.3 Å². The van der Waals surface area contributed by atoms with Crippen LogP contribution in [0.4, 0.5) is 0 Å². The van der Waals surface area contributed by atoms with Crippen LogP contribution in [0.1, 0.15) is 31.7 Å². The lowest BCUT2D eigenvalue weighted by molar-refractivity contribution is 0.316. The van der Waals surface area contributed by atoms with Gasteiger partial charge in [-0.05, 0) is 37.3 Å². The van der Waals surface area contributed by atoms with Gasteiger partial charge in [0.05, 0.1) is 12.3 Å². The average molecular weight is 515 g/mol. The van der Waals surface area contributed by atoms with Crippen LogP contribution in [0.3, 0.4) is 0 Å². The molecule has 0 heterocycles. The van der Waals surface area contributed by atoms with E-state index >= 15 is 0 Å². The molecule has 26 heavy (non-hydrogen) atoms. The Bertz CT molecular complexity index is 681. The highest BCUT2D eigenvalue weighted by Crippen LogP contribution is 2.25. The van der Waals surface area contributed by atoms with Crippen molar-refractivity contribution < 1.29 is 8.42 Å². The molecule has 0 atom stereocenters. The molecule has 6 nitrogen and oxygen atoms in total. The zero-order chi connectivity index (χ0) is 18.1. The molecule has 9 heteroatoms. The van der Waals surface area contributed by atoms with E-state index < -0.39 is 10.0 Å². The molecule has 2 rings (SSSR count). The summed E-state index contributed by atoms with van der Waals surface area (Å²) in [4.78, 5) is 4.46. The molecule has 0 amide bonds. The molecule has 1 fully saturated rings. The van der Waals surface area contributed by atoms with Gasteiger partial charge in [-0.25, -0.2) is 18.1 Å². The molecule has 1 aromatic carbocycles. The average Bonchev–Trinajstić information content (AvgIpc) is 2.52. The van der Waals surface area contributed by atoms with E-state index in [1.54, 1.807) is 0 Å². The second-order valence-corrected chi connectivity index (χ2v) is 8.51. The van der Waals surface area contributed by atoms with Crippen LogP contribution in [0, 0.1) is 5.92 Å². The first kappa shape index (κ1) is 23.5. The van der Waals surface area contributed by atoms with Crippen LogP contribution in [-0.4, -0.2) is 39.8 Å². The molecule has 0 aliphatic heterocycles. The Hall–Kier alpha value is -0.580. The topological polar surface area (TPSA) is 82.6 Å². The largest absolute Gasteiger partial charge is 0.357 e. The number of guanidine groups is 1. The maximum atomic E-state index is 12.0. The molecule has 0 spiro atoms. The van der Waals surface area contributed by atoms with Gasteiger partial charge in [0.25, 0.3) is 0 Å². The SMILES string of the molecule is CCNC(=NCc1ccccc1Cl)NCCS(=O)(=O)NCC1CCC1.I. The molecule has 1 aliphatic rings. The number of aliphatic imine (C=N–C) groups is 1. The molecule has 3 N–H and O–H groups in total. The van der Waals surface area contributed by atoms with Crippen LogP contribution in [0.5, 0.6) is 0 Å². The van der Waals surface area contributed by atoms with Crippen LogP contribution >= 0.6 is 35.6 Å². The number of halogens is 2. The van der Waals surface area contributed by atoms with Crippen molar-refractivity contribution in [1.29, 1.82) is 0 Å². The van der Waals surface area contributed by atoms with E-state index in [0.29, 0.717) is 43.1 Å². The summed E-state index contributed by atoms with van der Waals surface area (Å²) in [5.41, 5.74) is 0.927. The van der Waals surface area contributed by atoms with Crippen molar-refractivity contribution in [2.45, 2.75) is 32.7 Å². The fraction of sp³-hybridized carbons (Fsp3) is 0.588. The molecule has 0 saturated heterocycles. The summed E-state index contributed by atoms with van der Waals surface area (Å²) in [6.07, 6.45) is 3.46.